The molecule has 3 N–H and O–H groups in total. The number of benzene rings is 2. The number of unbranched alkanes of at least 4 members (excludes halogenated alkanes) is 4. The van der Waals surface area contributed by atoms with Crippen LogP contribution in [0.15, 0.2) is 42.5 Å². The summed E-state index contributed by atoms with van der Waals surface area (Å²) in [5.74, 6) is 0.307. The summed E-state index contributed by atoms with van der Waals surface area (Å²) in [6.45, 7) is 11.2. The zero-order valence-corrected chi connectivity index (χ0v) is 20.3. The highest BCUT2D eigenvalue weighted by Gasteiger charge is 2.22. The summed E-state index contributed by atoms with van der Waals surface area (Å²) in [7, 11) is 0. The van der Waals surface area contributed by atoms with Crippen molar-refractivity contribution in [2.75, 3.05) is 16.8 Å². The first-order valence-corrected chi connectivity index (χ1v) is 11.9. The molecule has 32 heavy (non-hydrogen) atoms. The molecular weight excluding hydrogens is 398 g/mol. The average Bonchev–Trinajstić information content (AvgIpc) is 2.75. The number of carbonyl (C=O) groups is 2. The lowest BCUT2D eigenvalue weighted by atomic mass is 9.92. The Balaban J connectivity index is 2.34. The number of anilines is 2. The number of carbonyl (C=O) groups excluding carboxylic acids is 2. The molecule has 0 aliphatic rings. The van der Waals surface area contributed by atoms with Crippen LogP contribution in [0.5, 0.6) is 0 Å². The van der Waals surface area contributed by atoms with Crippen molar-refractivity contribution in [1.82, 2.24) is 0 Å². The van der Waals surface area contributed by atoms with E-state index in [-0.39, 0.29) is 17.7 Å². The molecule has 2 rings (SSSR count). The topological polar surface area (TPSA) is 75.4 Å². The van der Waals surface area contributed by atoms with Gasteiger partial charge in [-0.05, 0) is 41.5 Å². The molecule has 174 valence electrons. The first-order chi connectivity index (χ1) is 15.3. The van der Waals surface area contributed by atoms with Crippen LogP contribution in [-0.2, 0) is 0 Å². The van der Waals surface area contributed by atoms with Crippen LogP contribution in [0, 0.1) is 0 Å². The molecule has 5 heteroatoms. The van der Waals surface area contributed by atoms with Gasteiger partial charge in [0.2, 0.25) is 0 Å². The summed E-state index contributed by atoms with van der Waals surface area (Å²) in [6, 6.07) is 12.8. The van der Waals surface area contributed by atoms with Gasteiger partial charge in [0, 0.05) is 12.2 Å². The van der Waals surface area contributed by atoms with Gasteiger partial charge in [-0.3, -0.25) is 9.69 Å². The third-order valence-electron chi connectivity index (χ3n) is 5.80. The summed E-state index contributed by atoms with van der Waals surface area (Å²) in [5.41, 5.74) is 9.79. The second-order valence-corrected chi connectivity index (χ2v) is 9.00. The maximum absolute atomic E-state index is 13.4. The molecule has 0 fully saturated rings. The number of hydrogen-bond acceptors (Lipinski definition) is 2. The van der Waals surface area contributed by atoms with Gasteiger partial charge in [-0.25, -0.2) is 4.79 Å². The first kappa shape index (κ1) is 25.4. The summed E-state index contributed by atoms with van der Waals surface area (Å²) >= 11 is 0. The van der Waals surface area contributed by atoms with Crippen molar-refractivity contribution in [2.24, 2.45) is 5.73 Å². The lowest BCUT2D eigenvalue weighted by Crippen LogP contribution is -2.38. The van der Waals surface area contributed by atoms with E-state index in [1.165, 1.54) is 17.7 Å². The number of hydrogen-bond donors (Lipinski definition) is 2. The van der Waals surface area contributed by atoms with Gasteiger partial charge < -0.3 is 11.1 Å². The van der Waals surface area contributed by atoms with E-state index < -0.39 is 6.03 Å². The predicted octanol–water partition coefficient (Wildman–Crippen LogP) is 7.04. The largest absolute Gasteiger partial charge is 0.351 e. The van der Waals surface area contributed by atoms with Crippen LogP contribution in [0.3, 0.4) is 0 Å². The van der Waals surface area contributed by atoms with E-state index in [9.17, 15) is 9.59 Å². The Hall–Kier alpha value is -2.82. The Labute approximate surface area is 193 Å². The number of para-hydroxylation sites is 2. The van der Waals surface area contributed by atoms with Gasteiger partial charge in [0.25, 0.3) is 5.91 Å². The van der Waals surface area contributed by atoms with Gasteiger partial charge >= 0.3 is 6.03 Å². The van der Waals surface area contributed by atoms with E-state index in [2.05, 4.69) is 52.1 Å². The quantitative estimate of drug-likeness (QED) is 0.370. The van der Waals surface area contributed by atoms with Crippen molar-refractivity contribution in [3.63, 3.8) is 0 Å². The third-order valence-corrected chi connectivity index (χ3v) is 5.80. The molecular formula is C27H39N3O2. The Bertz CT molecular complexity index is 879. The van der Waals surface area contributed by atoms with Crippen molar-refractivity contribution >= 4 is 23.3 Å². The highest BCUT2D eigenvalue weighted by atomic mass is 16.2. The first-order valence-electron chi connectivity index (χ1n) is 11.9. The summed E-state index contributed by atoms with van der Waals surface area (Å²) in [5, 5.41) is 3.16. The van der Waals surface area contributed by atoms with Gasteiger partial charge in [-0.15, -0.1) is 0 Å². The fourth-order valence-electron chi connectivity index (χ4n) is 4.00. The normalized spacial score (nSPS) is 11.1. The van der Waals surface area contributed by atoms with E-state index in [0.29, 0.717) is 17.8 Å². The number of amides is 3. The van der Waals surface area contributed by atoms with Crippen LogP contribution >= 0.6 is 0 Å². The highest BCUT2D eigenvalue weighted by Crippen LogP contribution is 2.33. The van der Waals surface area contributed by atoms with Gasteiger partial charge in [-0.1, -0.05) is 90.6 Å². The molecule has 0 spiro atoms. The van der Waals surface area contributed by atoms with Gasteiger partial charge in [0.15, 0.2) is 0 Å². The molecule has 2 aromatic rings. The van der Waals surface area contributed by atoms with Crippen molar-refractivity contribution in [2.45, 2.75) is 78.6 Å². The van der Waals surface area contributed by atoms with Crippen LogP contribution in [0.25, 0.3) is 0 Å². The maximum Gasteiger partial charge on any atom is 0.319 e. The number of nitrogens with one attached hydrogen (secondary N) is 1. The van der Waals surface area contributed by atoms with Gasteiger partial charge in [0.05, 0.1) is 11.3 Å². The standard InChI is InChI=1S/C27H39N3O2/c1-6-7-8-9-12-18-30(27(28)32)24-17-11-10-14-23(24)26(31)29-25-21(19(2)3)15-13-16-22(25)20(4)5/h10-11,13-17,19-20H,6-9,12,18H2,1-5H3,(H2,28,32)(H,29,31). The molecule has 0 saturated heterocycles. The molecule has 0 radical (unpaired) electrons. The monoisotopic (exact) mass is 437 g/mol. The number of primary amides is 1. The fourth-order valence-corrected chi connectivity index (χ4v) is 4.00. The molecule has 0 aromatic heterocycles. The summed E-state index contributed by atoms with van der Waals surface area (Å²) in [4.78, 5) is 27.2. The molecule has 0 heterocycles. The van der Waals surface area contributed by atoms with Crippen molar-refractivity contribution < 1.29 is 9.59 Å². The van der Waals surface area contributed by atoms with E-state index in [1.54, 1.807) is 12.1 Å². The summed E-state index contributed by atoms with van der Waals surface area (Å²) < 4.78 is 0. The Morgan fingerprint density at radius 1 is 0.875 bits per heavy atom. The molecule has 5 nitrogen and oxygen atoms in total. The summed E-state index contributed by atoms with van der Waals surface area (Å²) in [6.07, 6.45) is 5.37. The second kappa shape index (κ2) is 12.3. The minimum Gasteiger partial charge on any atom is -0.351 e. The lowest BCUT2D eigenvalue weighted by molar-refractivity contribution is 0.102. The second-order valence-electron chi connectivity index (χ2n) is 9.00. The zero-order valence-electron chi connectivity index (χ0n) is 20.3. The Morgan fingerprint density at radius 2 is 1.47 bits per heavy atom. The van der Waals surface area contributed by atoms with Crippen LogP contribution in [0.4, 0.5) is 16.2 Å². The maximum atomic E-state index is 13.4. The van der Waals surface area contributed by atoms with Crippen molar-refractivity contribution in [3.05, 3.63) is 59.2 Å². The van der Waals surface area contributed by atoms with Crippen LogP contribution < -0.4 is 16.0 Å². The van der Waals surface area contributed by atoms with Crippen molar-refractivity contribution in [3.8, 4) is 0 Å². The molecule has 2 aromatic carbocycles. The van der Waals surface area contributed by atoms with Crippen molar-refractivity contribution in [1.29, 1.82) is 0 Å². The molecule has 0 bridgehead atoms. The highest BCUT2D eigenvalue weighted by molar-refractivity contribution is 6.11. The smallest absolute Gasteiger partial charge is 0.319 e. The number of urea groups is 1. The molecule has 0 atom stereocenters. The lowest BCUT2D eigenvalue weighted by Gasteiger charge is -2.24. The zero-order chi connectivity index (χ0) is 23.7. The molecule has 3 amide bonds. The average molecular weight is 438 g/mol. The van der Waals surface area contributed by atoms with E-state index in [4.69, 9.17) is 5.73 Å². The fraction of sp³-hybridized carbons (Fsp3) is 0.481. The molecule has 0 aliphatic carbocycles. The predicted molar refractivity (Wildman–Crippen MR) is 135 cm³/mol. The Morgan fingerprint density at radius 3 is 2.03 bits per heavy atom. The molecule has 0 aliphatic heterocycles. The SMILES string of the molecule is CCCCCCCN(C(N)=O)c1ccccc1C(=O)Nc1c(C(C)C)cccc1C(C)C. The Kier molecular flexibility index (Phi) is 9.76. The van der Waals surface area contributed by atoms with Crippen LogP contribution in [0.2, 0.25) is 0 Å². The minimum absolute atomic E-state index is 0.229. The van der Waals surface area contributed by atoms with E-state index in [0.717, 1.165) is 36.1 Å². The minimum atomic E-state index is -0.536. The van der Waals surface area contributed by atoms with Crippen LogP contribution in [-0.4, -0.2) is 18.5 Å². The number of nitrogens with zero attached hydrogens (tertiary/aromatic N) is 1. The third kappa shape index (κ3) is 6.59. The number of rotatable bonds is 11. The van der Waals surface area contributed by atoms with Gasteiger partial charge in [0.1, 0.15) is 0 Å². The molecule has 0 saturated carbocycles. The number of nitrogens with two attached hydrogens (primary N) is 1. The molecule has 0 unspecified atom stereocenters. The van der Waals surface area contributed by atoms with Crippen LogP contribution in [0.1, 0.15) is 100 Å². The van der Waals surface area contributed by atoms with E-state index >= 15 is 0 Å². The van der Waals surface area contributed by atoms with Gasteiger partial charge in [-0.2, -0.15) is 0 Å². The van der Waals surface area contributed by atoms with E-state index in [1.807, 2.05) is 18.2 Å².